The number of nitrogens with zero attached hydrogens (tertiary/aromatic N) is 1. The maximum Gasteiger partial charge on any atom is 0.339 e. The molecule has 2 aromatic carbocycles. The van der Waals surface area contributed by atoms with Gasteiger partial charge >= 0.3 is 5.97 Å². The molecule has 0 aliphatic heterocycles. The van der Waals surface area contributed by atoms with Crippen LogP contribution in [0.4, 0.5) is 5.69 Å². The van der Waals surface area contributed by atoms with Crippen LogP contribution in [0.2, 0.25) is 0 Å². The van der Waals surface area contributed by atoms with E-state index in [9.17, 15) is 19.6 Å². The molecule has 0 spiro atoms. The molecule has 2 aromatic rings. The quantitative estimate of drug-likeness (QED) is 0.412. The van der Waals surface area contributed by atoms with Gasteiger partial charge in [0.25, 0.3) is 5.91 Å². The number of rotatable bonds is 9. The van der Waals surface area contributed by atoms with E-state index in [2.05, 4.69) is 16.7 Å². The molecule has 34 heavy (non-hydrogen) atoms. The summed E-state index contributed by atoms with van der Waals surface area (Å²) in [4.78, 5) is 37.9. The third-order valence-electron chi connectivity index (χ3n) is 5.45. The fraction of sp³-hybridized carbons (Fsp3) is 0.360. The van der Waals surface area contributed by atoms with Crippen molar-refractivity contribution in [1.29, 1.82) is 5.26 Å². The number of hydrogen-bond acceptors (Lipinski definition) is 7. The van der Waals surface area contributed by atoms with Gasteiger partial charge < -0.3 is 20.1 Å². The van der Waals surface area contributed by atoms with Crippen LogP contribution in [0.1, 0.15) is 42.5 Å². The van der Waals surface area contributed by atoms with Gasteiger partial charge in [-0.15, -0.1) is 11.8 Å². The first-order valence-corrected chi connectivity index (χ1v) is 12.0. The number of hydrogen-bond donors (Lipinski definition) is 2. The molecule has 1 aliphatic rings. The molecule has 1 aliphatic carbocycles. The lowest BCUT2D eigenvalue weighted by Crippen LogP contribution is -2.50. The number of nitriles is 1. The van der Waals surface area contributed by atoms with Crippen molar-refractivity contribution in [2.75, 3.05) is 24.8 Å². The van der Waals surface area contributed by atoms with E-state index in [1.165, 1.54) is 11.8 Å². The van der Waals surface area contributed by atoms with Crippen molar-refractivity contribution >= 4 is 35.2 Å². The van der Waals surface area contributed by atoms with E-state index >= 15 is 0 Å². The highest BCUT2D eigenvalue weighted by atomic mass is 32.2. The molecule has 0 radical (unpaired) electrons. The van der Waals surface area contributed by atoms with E-state index < -0.39 is 24.0 Å². The molecule has 0 unspecified atom stereocenters. The number of carbonyl (C=O) groups is 3. The summed E-state index contributed by atoms with van der Waals surface area (Å²) < 4.78 is 10.4. The Labute approximate surface area is 203 Å². The highest BCUT2D eigenvalue weighted by molar-refractivity contribution is 8.00. The Balaban J connectivity index is 1.53. The number of ether oxygens (including phenoxy) is 2. The van der Waals surface area contributed by atoms with Gasteiger partial charge in [-0.05, 0) is 37.1 Å². The van der Waals surface area contributed by atoms with Crippen molar-refractivity contribution in [1.82, 2.24) is 5.32 Å². The van der Waals surface area contributed by atoms with Crippen molar-refractivity contribution in [3.63, 3.8) is 0 Å². The summed E-state index contributed by atoms with van der Waals surface area (Å²) in [5.74, 6) is -0.699. The van der Waals surface area contributed by atoms with Gasteiger partial charge in [-0.2, -0.15) is 5.26 Å². The molecule has 8 nitrogen and oxygen atoms in total. The summed E-state index contributed by atoms with van der Waals surface area (Å²) in [7, 11) is 1.55. The predicted octanol–water partition coefficient (Wildman–Crippen LogP) is 3.93. The Morgan fingerprint density at radius 1 is 1.06 bits per heavy atom. The fourth-order valence-corrected chi connectivity index (χ4v) is 4.57. The molecular weight excluding hydrogens is 454 g/mol. The van der Waals surface area contributed by atoms with Gasteiger partial charge in [-0.25, -0.2) is 4.79 Å². The number of benzene rings is 2. The number of thioether (sulfide) groups is 1. The zero-order chi connectivity index (χ0) is 24.4. The lowest BCUT2D eigenvalue weighted by molar-refractivity contribution is -0.126. The number of amides is 2. The van der Waals surface area contributed by atoms with Crippen LogP contribution in [0.15, 0.2) is 53.4 Å². The van der Waals surface area contributed by atoms with Crippen LogP contribution in [0.3, 0.4) is 0 Å². The molecule has 2 amide bonds. The third kappa shape index (κ3) is 6.99. The minimum atomic E-state index is -0.883. The second kappa shape index (κ2) is 12.1. The van der Waals surface area contributed by atoms with Crippen LogP contribution in [-0.4, -0.2) is 42.8 Å². The van der Waals surface area contributed by atoms with Crippen LogP contribution in [-0.2, 0) is 14.3 Å². The number of nitrogens with one attached hydrogen (secondary N) is 2. The Morgan fingerprint density at radius 3 is 2.56 bits per heavy atom. The van der Waals surface area contributed by atoms with Gasteiger partial charge in [0.05, 0.1) is 24.5 Å². The molecule has 1 saturated carbocycles. The second-order valence-corrected chi connectivity index (χ2v) is 8.96. The fourth-order valence-electron chi connectivity index (χ4n) is 3.73. The SMILES string of the molecule is COc1cccc(NC(=O)CSc2ccccc2C(=O)OCC(=O)NC2(C#N)CCCCC2)c1. The van der Waals surface area contributed by atoms with E-state index in [4.69, 9.17) is 9.47 Å². The lowest BCUT2D eigenvalue weighted by atomic mass is 9.83. The molecule has 0 atom stereocenters. The number of esters is 1. The van der Waals surface area contributed by atoms with E-state index in [1.807, 2.05) is 0 Å². The molecule has 0 heterocycles. The summed E-state index contributed by atoms with van der Waals surface area (Å²) >= 11 is 1.19. The molecule has 0 aromatic heterocycles. The molecule has 1 fully saturated rings. The van der Waals surface area contributed by atoms with Gasteiger partial charge in [0.15, 0.2) is 6.61 Å². The highest BCUT2D eigenvalue weighted by Gasteiger charge is 2.33. The molecular formula is C25H27N3O5S. The second-order valence-electron chi connectivity index (χ2n) is 7.94. The molecule has 0 saturated heterocycles. The maximum atomic E-state index is 12.6. The van der Waals surface area contributed by atoms with Crippen molar-refractivity contribution in [3.8, 4) is 11.8 Å². The smallest absolute Gasteiger partial charge is 0.339 e. The van der Waals surface area contributed by atoms with Crippen molar-refractivity contribution in [3.05, 3.63) is 54.1 Å². The summed E-state index contributed by atoms with van der Waals surface area (Å²) in [6.07, 6.45) is 3.99. The van der Waals surface area contributed by atoms with E-state index in [1.54, 1.807) is 55.6 Å². The molecule has 178 valence electrons. The average Bonchev–Trinajstić information content (AvgIpc) is 2.87. The van der Waals surface area contributed by atoms with Crippen molar-refractivity contribution < 1.29 is 23.9 Å². The largest absolute Gasteiger partial charge is 0.497 e. The Morgan fingerprint density at radius 2 is 1.82 bits per heavy atom. The minimum absolute atomic E-state index is 0.0761. The van der Waals surface area contributed by atoms with E-state index in [0.717, 1.165) is 19.3 Å². The number of carbonyl (C=O) groups excluding carboxylic acids is 3. The zero-order valence-corrected chi connectivity index (χ0v) is 19.8. The van der Waals surface area contributed by atoms with Gasteiger partial charge in [-0.3, -0.25) is 9.59 Å². The predicted molar refractivity (Wildman–Crippen MR) is 129 cm³/mol. The van der Waals surface area contributed by atoms with Crippen LogP contribution in [0.25, 0.3) is 0 Å². The summed E-state index contributed by atoms with van der Waals surface area (Å²) in [5, 5.41) is 15.0. The topological polar surface area (TPSA) is 118 Å². The highest BCUT2D eigenvalue weighted by Crippen LogP contribution is 2.28. The summed E-state index contributed by atoms with van der Waals surface area (Å²) in [6.45, 7) is -0.475. The molecule has 2 N–H and O–H groups in total. The molecule has 0 bridgehead atoms. The van der Waals surface area contributed by atoms with E-state index in [-0.39, 0.29) is 17.2 Å². The van der Waals surface area contributed by atoms with Crippen LogP contribution >= 0.6 is 11.8 Å². The lowest BCUT2D eigenvalue weighted by Gasteiger charge is -2.31. The van der Waals surface area contributed by atoms with Crippen molar-refractivity contribution in [2.24, 2.45) is 0 Å². The summed E-state index contributed by atoms with van der Waals surface area (Å²) in [5.41, 5.74) is -0.00931. The minimum Gasteiger partial charge on any atom is -0.497 e. The van der Waals surface area contributed by atoms with E-state index in [0.29, 0.717) is 29.2 Å². The van der Waals surface area contributed by atoms with Gasteiger partial charge in [-0.1, -0.05) is 37.5 Å². The zero-order valence-electron chi connectivity index (χ0n) is 19.0. The first-order valence-electron chi connectivity index (χ1n) is 11.0. The first-order chi connectivity index (χ1) is 16.4. The van der Waals surface area contributed by atoms with Crippen LogP contribution < -0.4 is 15.4 Å². The normalized spacial score (nSPS) is 14.4. The Hall–Kier alpha value is -3.51. The third-order valence-corrected chi connectivity index (χ3v) is 6.53. The van der Waals surface area contributed by atoms with Crippen molar-refractivity contribution in [2.45, 2.75) is 42.5 Å². The number of methoxy groups -OCH3 is 1. The molecule has 3 rings (SSSR count). The number of anilines is 1. The van der Waals surface area contributed by atoms with Crippen LogP contribution in [0, 0.1) is 11.3 Å². The monoisotopic (exact) mass is 481 g/mol. The van der Waals surface area contributed by atoms with Gasteiger partial charge in [0.1, 0.15) is 11.3 Å². The Bertz CT molecular complexity index is 1080. The van der Waals surface area contributed by atoms with Gasteiger partial charge in [0.2, 0.25) is 5.91 Å². The van der Waals surface area contributed by atoms with Gasteiger partial charge in [0, 0.05) is 16.6 Å². The average molecular weight is 482 g/mol. The Kier molecular flexibility index (Phi) is 8.93. The summed E-state index contributed by atoms with van der Waals surface area (Å²) in [6, 6.07) is 16.0. The molecule has 9 heteroatoms. The standard InChI is InChI=1S/C25H27N3O5S/c1-32-19-9-7-8-18(14-19)27-23(30)16-34-21-11-4-3-10-20(21)24(31)33-15-22(29)28-25(17-26)12-5-2-6-13-25/h3-4,7-11,14H,2,5-6,12-13,15-16H2,1H3,(H,27,30)(H,28,29). The van der Waals surface area contributed by atoms with Crippen LogP contribution in [0.5, 0.6) is 5.75 Å². The first kappa shape index (κ1) is 25.1. The maximum absolute atomic E-state index is 12.6.